The lowest BCUT2D eigenvalue weighted by Gasteiger charge is -2.41. The van der Waals surface area contributed by atoms with E-state index in [2.05, 4.69) is 53.4 Å². The van der Waals surface area contributed by atoms with Gasteiger partial charge in [0.15, 0.2) is 5.82 Å². The number of likely N-dealkylation sites (tertiary alicyclic amines) is 1. The van der Waals surface area contributed by atoms with Crippen LogP contribution in [0.3, 0.4) is 0 Å². The van der Waals surface area contributed by atoms with Crippen LogP contribution in [0.5, 0.6) is 0 Å². The number of hydrogen-bond donors (Lipinski definition) is 2. The summed E-state index contributed by atoms with van der Waals surface area (Å²) in [6, 6.07) is 14.7. The molecule has 1 aliphatic rings. The topological polar surface area (TPSA) is 39.3 Å². The van der Waals surface area contributed by atoms with Crippen LogP contribution in [-0.4, -0.2) is 47.5 Å². The molecule has 0 aliphatic carbocycles. The molecule has 0 amide bonds. The first-order valence-electron chi connectivity index (χ1n) is 7.65. The van der Waals surface area contributed by atoms with Gasteiger partial charge in [-0.05, 0) is 17.7 Å². The molecule has 21 heavy (non-hydrogen) atoms. The average Bonchev–Trinajstić information content (AvgIpc) is 3.16. The summed E-state index contributed by atoms with van der Waals surface area (Å²) in [6.07, 6.45) is 3.66. The molecule has 0 spiro atoms. The maximum absolute atomic E-state index is 10.1. The Bertz CT molecular complexity index is 555. The first-order valence-corrected chi connectivity index (χ1v) is 7.65. The Morgan fingerprint density at radius 2 is 2.05 bits per heavy atom. The van der Waals surface area contributed by atoms with Crippen molar-refractivity contribution < 1.29 is 9.70 Å². The van der Waals surface area contributed by atoms with E-state index in [4.69, 9.17) is 0 Å². The predicted octanol–water partition coefficient (Wildman–Crippen LogP) is 2.19. The van der Waals surface area contributed by atoms with Crippen LogP contribution in [0.25, 0.3) is 0 Å². The molecule has 1 fully saturated rings. The number of benzene rings is 1. The molecule has 4 heteroatoms. The summed E-state index contributed by atoms with van der Waals surface area (Å²) >= 11 is 0. The molecule has 2 N–H and O–H groups in total. The number of hydrogen-bond acceptors (Lipinski definition) is 2. The third-order valence-corrected chi connectivity index (χ3v) is 4.66. The second kappa shape index (κ2) is 5.92. The Morgan fingerprint density at radius 1 is 1.24 bits per heavy atom. The van der Waals surface area contributed by atoms with Gasteiger partial charge in [-0.15, -0.1) is 0 Å². The van der Waals surface area contributed by atoms with Crippen LogP contribution < -0.4 is 5.01 Å². The normalized spacial score (nSPS) is 25.1. The fraction of sp³-hybridized carbons (Fsp3) is 0.412. The van der Waals surface area contributed by atoms with E-state index in [0.29, 0.717) is 0 Å². The van der Waals surface area contributed by atoms with E-state index >= 15 is 0 Å². The van der Waals surface area contributed by atoms with Crippen LogP contribution in [0.2, 0.25) is 0 Å². The molecule has 2 aromatic rings. The average molecular weight is 286 g/mol. The molecule has 2 heterocycles. The largest absolute Gasteiger partial charge is 0.387 e. The van der Waals surface area contributed by atoms with Gasteiger partial charge < -0.3 is 10.1 Å². The fourth-order valence-electron chi connectivity index (χ4n) is 3.32. The fourth-order valence-corrected chi connectivity index (χ4v) is 3.32. The van der Waals surface area contributed by atoms with E-state index in [9.17, 15) is 5.11 Å². The summed E-state index contributed by atoms with van der Waals surface area (Å²) < 4.78 is 0.816. The van der Waals surface area contributed by atoms with Crippen molar-refractivity contribution in [3.63, 3.8) is 0 Å². The molecule has 112 valence electrons. The summed E-state index contributed by atoms with van der Waals surface area (Å²) in [4.78, 5) is 3.28. The van der Waals surface area contributed by atoms with E-state index in [1.165, 1.54) is 5.56 Å². The molecule has 1 unspecified atom stereocenters. The molecule has 0 bridgehead atoms. The van der Waals surface area contributed by atoms with Gasteiger partial charge in [0.25, 0.3) is 0 Å². The van der Waals surface area contributed by atoms with Crippen LogP contribution >= 0.6 is 0 Å². The van der Waals surface area contributed by atoms with Crippen molar-refractivity contribution in [3.05, 3.63) is 54.2 Å². The third kappa shape index (κ3) is 2.96. The second-order valence-corrected chi connectivity index (χ2v) is 5.98. The molecule has 2 atom stereocenters. The van der Waals surface area contributed by atoms with Gasteiger partial charge in [0, 0.05) is 19.0 Å². The van der Waals surface area contributed by atoms with Crippen LogP contribution in [-0.2, 0) is 6.42 Å². The third-order valence-electron chi connectivity index (χ3n) is 4.66. The van der Waals surface area contributed by atoms with Crippen molar-refractivity contribution in [1.82, 2.24) is 4.98 Å². The van der Waals surface area contributed by atoms with Crippen LogP contribution in [0.15, 0.2) is 48.7 Å². The zero-order valence-electron chi connectivity index (χ0n) is 12.6. The van der Waals surface area contributed by atoms with Gasteiger partial charge >= 0.3 is 0 Å². The minimum atomic E-state index is -0.196. The Balaban J connectivity index is 1.77. The highest BCUT2D eigenvalue weighted by Gasteiger charge is 2.41. The minimum absolute atomic E-state index is 0.196. The highest BCUT2D eigenvalue weighted by atomic mass is 16.3. The van der Waals surface area contributed by atoms with E-state index in [-0.39, 0.29) is 6.10 Å². The van der Waals surface area contributed by atoms with E-state index in [1.54, 1.807) is 0 Å². The number of aliphatic hydroxyl groups excluding tert-OH is 1. The summed E-state index contributed by atoms with van der Waals surface area (Å²) in [5.41, 5.74) is 1.36. The maximum Gasteiger partial charge on any atom is 0.154 e. The molecule has 0 radical (unpaired) electrons. The summed E-state index contributed by atoms with van der Waals surface area (Å²) in [5, 5.41) is 12.3. The smallest absolute Gasteiger partial charge is 0.154 e. The van der Waals surface area contributed by atoms with Crippen molar-refractivity contribution in [2.24, 2.45) is 0 Å². The number of H-pyrrole nitrogens is 1. The first kappa shape index (κ1) is 14.2. The van der Waals surface area contributed by atoms with Gasteiger partial charge in [0.1, 0.15) is 25.7 Å². The number of nitrogens with zero attached hydrogens (tertiary/aromatic N) is 2. The Morgan fingerprint density at radius 3 is 2.67 bits per heavy atom. The van der Waals surface area contributed by atoms with E-state index in [0.717, 1.165) is 42.9 Å². The van der Waals surface area contributed by atoms with Crippen LogP contribution in [0.1, 0.15) is 12.0 Å². The summed E-state index contributed by atoms with van der Waals surface area (Å²) in [5.74, 6) is 1.11. The first-order chi connectivity index (χ1) is 10.2. The minimum Gasteiger partial charge on any atom is -0.387 e. The lowest BCUT2D eigenvalue weighted by Crippen LogP contribution is -2.59. The van der Waals surface area contributed by atoms with Crippen molar-refractivity contribution in [2.75, 3.05) is 31.7 Å². The SMILES string of the molecule is CN(c1ccc[nH]1)[N+]1(CCc2ccccc2)CC[C@H](O)C1. The molecular weight excluding hydrogens is 262 g/mol. The van der Waals surface area contributed by atoms with Crippen molar-refractivity contribution in [2.45, 2.75) is 18.9 Å². The molecule has 1 aliphatic heterocycles. The molecule has 1 aromatic heterocycles. The van der Waals surface area contributed by atoms with Crippen molar-refractivity contribution in [1.29, 1.82) is 0 Å². The number of quaternary nitrogens is 1. The quantitative estimate of drug-likeness (QED) is 0.827. The van der Waals surface area contributed by atoms with Gasteiger partial charge in [-0.3, -0.25) is 0 Å². The predicted molar refractivity (Wildman–Crippen MR) is 84.8 cm³/mol. The highest BCUT2D eigenvalue weighted by Crippen LogP contribution is 2.27. The number of rotatable bonds is 5. The second-order valence-electron chi connectivity index (χ2n) is 5.98. The van der Waals surface area contributed by atoms with Gasteiger partial charge in [0.05, 0.1) is 7.05 Å². The molecule has 1 aromatic carbocycles. The zero-order chi connectivity index (χ0) is 14.7. The number of aromatic nitrogens is 1. The molecular formula is C17H24N3O+. The van der Waals surface area contributed by atoms with E-state index < -0.39 is 0 Å². The number of nitrogens with one attached hydrogen (secondary N) is 1. The summed E-state index contributed by atoms with van der Waals surface area (Å²) in [6.45, 7) is 2.79. The van der Waals surface area contributed by atoms with Crippen LogP contribution in [0.4, 0.5) is 5.82 Å². The lowest BCUT2D eigenvalue weighted by atomic mass is 10.1. The van der Waals surface area contributed by atoms with E-state index in [1.807, 2.05) is 12.3 Å². The lowest BCUT2D eigenvalue weighted by molar-refractivity contribution is -0.924. The zero-order valence-corrected chi connectivity index (χ0v) is 12.6. The number of aliphatic hydroxyl groups is 1. The Labute approximate surface area is 126 Å². The molecule has 3 rings (SSSR count). The molecule has 4 nitrogen and oxygen atoms in total. The number of anilines is 1. The standard InChI is InChI=1S/C17H24N3O/c1-19(17-8-5-11-18-17)20(13-10-16(21)14-20)12-9-15-6-3-2-4-7-15/h2-8,11,16,18,21H,9-10,12-14H2,1H3/q+1/t16-,20?/m0/s1. The Hall–Kier alpha value is -1.78. The maximum atomic E-state index is 10.1. The van der Waals surface area contributed by atoms with Gasteiger partial charge in [-0.1, -0.05) is 30.3 Å². The van der Waals surface area contributed by atoms with Crippen LogP contribution in [0, 0.1) is 0 Å². The highest BCUT2D eigenvalue weighted by molar-refractivity contribution is 5.34. The van der Waals surface area contributed by atoms with Crippen molar-refractivity contribution in [3.8, 4) is 0 Å². The molecule has 1 saturated heterocycles. The van der Waals surface area contributed by atoms with Crippen molar-refractivity contribution >= 4 is 5.82 Å². The Kier molecular flexibility index (Phi) is 3.99. The summed E-state index contributed by atoms with van der Waals surface area (Å²) in [7, 11) is 2.12. The van der Waals surface area contributed by atoms with Gasteiger partial charge in [-0.2, -0.15) is 0 Å². The van der Waals surface area contributed by atoms with Gasteiger partial charge in [-0.25, -0.2) is 9.60 Å². The number of aromatic amines is 1. The molecule has 0 saturated carbocycles. The monoisotopic (exact) mass is 286 g/mol. The van der Waals surface area contributed by atoms with Gasteiger partial charge in [0.2, 0.25) is 0 Å².